The lowest BCUT2D eigenvalue weighted by atomic mass is 10.1. The number of benzene rings is 1. The van der Waals surface area contributed by atoms with Gasteiger partial charge in [0.05, 0.1) is 24.2 Å². The molecule has 0 bridgehead atoms. The molecule has 0 aromatic heterocycles. The van der Waals surface area contributed by atoms with Gasteiger partial charge in [0, 0.05) is 0 Å². The number of esters is 1. The van der Waals surface area contributed by atoms with Crippen LogP contribution in [0.2, 0.25) is 0 Å². The third kappa shape index (κ3) is 4.67. The van der Waals surface area contributed by atoms with Crippen molar-refractivity contribution >= 4 is 15.8 Å². The lowest BCUT2D eigenvalue weighted by Crippen LogP contribution is -2.17. The normalized spacial score (nSPS) is 13.0. The Morgan fingerprint density at radius 1 is 1.32 bits per heavy atom. The topological polar surface area (TPSA) is 60.4 Å². The van der Waals surface area contributed by atoms with Crippen LogP contribution in [0, 0.1) is 5.92 Å². The summed E-state index contributed by atoms with van der Waals surface area (Å²) in [6, 6.07) is 6.65. The number of carbonyl (C=O) groups is 1. The van der Waals surface area contributed by atoms with E-state index in [9.17, 15) is 13.2 Å². The predicted octanol–water partition coefficient (Wildman–Crippen LogP) is 2.43. The van der Waals surface area contributed by atoms with E-state index in [0.717, 1.165) is 6.42 Å². The Labute approximate surface area is 114 Å². The molecule has 1 unspecified atom stereocenters. The van der Waals surface area contributed by atoms with Crippen molar-refractivity contribution in [1.82, 2.24) is 0 Å². The average molecular weight is 284 g/mol. The molecule has 5 heteroatoms. The zero-order valence-electron chi connectivity index (χ0n) is 11.5. The van der Waals surface area contributed by atoms with Gasteiger partial charge in [-0.3, -0.25) is 0 Å². The minimum Gasteiger partial charge on any atom is -0.465 e. The second kappa shape index (κ2) is 6.70. The largest absolute Gasteiger partial charge is 0.465 e. The Morgan fingerprint density at radius 2 is 1.95 bits per heavy atom. The van der Waals surface area contributed by atoms with Gasteiger partial charge in [0.25, 0.3) is 0 Å². The molecule has 0 amide bonds. The van der Waals surface area contributed by atoms with Gasteiger partial charge in [-0.2, -0.15) is 0 Å². The highest BCUT2D eigenvalue weighted by Crippen LogP contribution is 2.16. The molecule has 1 rings (SSSR count). The summed E-state index contributed by atoms with van der Waals surface area (Å²) in [5.74, 6) is -0.369. The van der Waals surface area contributed by atoms with Crippen LogP contribution < -0.4 is 0 Å². The van der Waals surface area contributed by atoms with Crippen molar-refractivity contribution < 1.29 is 17.9 Å². The Morgan fingerprint density at radius 3 is 2.53 bits per heavy atom. The van der Waals surface area contributed by atoms with Crippen LogP contribution in [0.1, 0.15) is 36.2 Å². The molecule has 0 aliphatic carbocycles. The van der Waals surface area contributed by atoms with Gasteiger partial charge in [-0.05, 0) is 17.5 Å². The quantitative estimate of drug-likeness (QED) is 0.753. The lowest BCUT2D eigenvalue weighted by molar-refractivity contribution is 0.0600. The smallest absolute Gasteiger partial charge is 0.338 e. The molecular weight excluding hydrogens is 264 g/mol. The Kier molecular flexibility index (Phi) is 5.54. The molecule has 106 valence electrons. The maximum atomic E-state index is 12.1. The van der Waals surface area contributed by atoms with Crippen LogP contribution in [-0.4, -0.2) is 27.2 Å². The summed E-state index contributed by atoms with van der Waals surface area (Å²) in [7, 11) is -1.93. The summed E-state index contributed by atoms with van der Waals surface area (Å²) in [6.45, 7) is 3.87. The van der Waals surface area contributed by atoms with Crippen LogP contribution in [0.5, 0.6) is 0 Å². The van der Waals surface area contributed by atoms with E-state index in [-0.39, 0.29) is 17.4 Å². The van der Waals surface area contributed by atoms with E-state index in [0.29, 0.717) is 11.1 Å². The van der Waals surface area contributed by atoms with Gasteiger partial charge in [0.15, 0.2) is 9.84 Å². The molecule has 0 saturated heterocycles. The minimum atomic E-state index is -3.22. The molecule has 0 saturated carbocycles. The zero-order valence-corrected chi connectivity index (χ0v) is 12.4. The first-order valence-electron chi connectivity index (χ1n) is 6.26. The SMILES string of the molecule is CCC(C)CS(=O)(=O)Cc1ccccc1C(=O)OC. The molecule has 0 heterocycles. The van der Waals surface area contributed by atoms with E-state index < -0.39 is 15.8 Å². The van der Waals surface area contributed by atoms with Crippen LogP contribution >= 0.6 is 0 Å². The molecule has 1 aromatic rings. The van der Waals surface area contributed by atoms with Gasteiger partial charge in [-0.25, -0.2) is 13.2 Å². The van der Waals surface area contributed by atoms with Crippen LogP contribution in [0.15, 0.2) is 24.3 Å². The zero-order chi connectivity index (χ0) is 14.5. The van der Waals surface area contributed by atoms with E-state index >= 15 is 0 Å². The first-order valence-corrected chi connectivity index (χ1v) is 8.08. The standard InChI is InChI=1S/C14H20O4S/c1-4-11(2)9-19(16,17)10-12-7-5-6-8-13(12)14(15)18-3/h5-8,11H,4,9-10H2,1-3H3. The third-order valence-electron chi connectivity index (χ3n) is 3.03. The molecule has 0 fully saturated rings. The molecule has 1 atom stereocenters. The van der Waals surface area contributed by atoms with Crippen LogP contribution in [-0.2, 0) is 20.3 Å². The number of hydrogen-bond donors (Lipinski definition) is 0. The van der Waals surface area contributed by atoms with E-state index in [4.69, 9.17) is 0 Å². The summed E-state index contributed by atoms with van der Waals surface area (Å²) in [6.07, 6.45) is 0.817. The van der Waals surface area contributed by atoms with Gasteiger partial charge >= 0.3 is 5.97 Å². The fourth-order valence-electron chi connectivity index (χ4n) is 1.80. The third-order valence-corrected chi connectivity index (χ3v) is 4.86. The summed E-state index contributed by atoms with van der Waals surface area (Å²) in [5, 5.41) is 0. The average Bonchev–Trinajstić information content (AvgIpc) is 2.37. The highest BCUT2D eigenvalue weighted by atomic mass is 32.2. The van der Waals surface area contributed by atoms with Gasteiger partial charge in [0.2, 0.25) is 0 Å². The van der Waals surface area contributed by atoms with Crippen molar-refractivity contribution in [3.63, 3.8) is 0 Å². The number of ether oxygens (including phenoxy) is 1. The molecule has 19 heavy (non-hydrogen) atoms. The number of carbonyl (C=O) groups excluding carboxylic acids is 1. The number of methoxy groups -OCH3 is 1. The van der Waals surface area contributed by atoms with E-state index in [1.807, 2.05) is 13.8 Å². The highest BCUT2D eigenvalue weighted by Gasteiger charge is 2.19. The van der Waals surface area contributed by atoms with Crippen LogP contribution in [0.25, 0.3) is 0 Å². The second-order valence-corrected chi connectivity index (χ2v) is 6.83. The molecule has 0 radical (unpaired) electrons. The van der Waals surface area contributed by atoms with Crippen molar-refractivity contribution in [2.45, 2.75) is 26.0 Å². The van der Waals surface area contributed by atoms with Crippen molar-refractivity contribution in [2.24, 2.45) is 5.92 Å². The lowest BCUT2D eigenvalue weighted by Gasteiger charge is -2.11. The van der Waals surface area contributed by atoms with Crippen molar-refractivity contribution in [3.05, 3.63) is 35.4 Å². The van der Waals surface area contributed by atoms with Gasteiger partial charge in [-0.1, -0.05) is 38.5 Å². The maximum absolute atomic E-state index is 12.1. The van der Waals surface area contributed by atoms with Crippen molar-refractivity contribution in [3.8, 4) is 0 Å². The Bertz CT molecular complexity index is 534. The first kappa shape index (κ1) is 15.7. The van der Waals surface area contributed by atoms with Gasteiger partial charge < -0.3 is 4.74 Å². The van der Waals surface area contributed by atoms with Gasteiger partial charge in [0.1, 0.15) is 0 Å². The summed E-state index contributed by atoms with van der Waals surface area (Å²) < 4.78 is 28.8. The summed E-state index contributed by atoms with van der Waals surface area (Å²) in [4.78, 5) is 11.6. The number of rotatable bonds is 6. The number of sulfone groups is 1. The summed E-state index contributed by atoms with van der Waals surface area (Å²) in [5.41, 5.74) is 0.815. The van der Waals surface area contributed by atoms with E-state index in [2.05, 4.69) is 4.74 Å². The van der Waals surface area contributed by atoms with E-state index in [1.54, 1.807) is 24.3 Å². The molecule has 4 nitrogen and oxygen atoms in total. The molecule has 1 aromatic carbocycles. The van der Waals surface area contributed by atoms with E-state index in [1.165, 1.54) is 7.11 Å². The molecule has 0 aliphatic heterocycles. The predicted molar refractivity (Wildman–Crippen MR) is 74.7 cm³/mol. The van der Waals surface area contributed by atoms with Crippen LogP contribution in [0.3, 0.4) is 0 Å². The van der Waals surface area contributed by atoms with Crippen molar-refractivity contribution in [1.29, 1.82) is 0 Å². The van der Waals surface area contributed by atoms with Crippen LogP contribution in [0.4, 0.5) is 0 Å². The minimum absolute atomic E-state index is 0.121. The molecule has 0 spiro atoms. The second-order valence-electron chi connectivity index (χ2n) is 4.72. The molecular formula is C14H20O4S. The molecule has 0 aliphatic rings. The Hall–Kier alpha value is -1.36. The fraction of sp³-hybridized carbons (Fsp3) is 0.500. The van der Waals surface area contributed by atoms with Crippen molar-refractivity contribution in [2.75, 3.05) is 12.9 Å². The maximum Gasteiger partial charge on any atom is 0.338 e. The fourth-order valence-corrected chi connectivity index (χ4v) is 3.75. The number of hydrogen-bond acceptors (Lipinski definition) is 4. The highest BCUT2D eigenvalue weighted by molar-refractivity contribution is 7.90. The monoisotopic (exact) mass is 284 g/mol. The first-order chi connectivity index (χ1) is 8.89. The van der Waals surface area contributed by atoms with Gasteiger partial charge in [-0.15, -0.1) is 0 Å². The Balaban J connectivity index is 2.96. The molecule has 0 N–H and O–H groups in total. The summed E-state index contributed by atoms with van der Waals surface area (Å²) >= 11 is 0.